The molecule has 0 spiro atoms. The van der Waals surface area contributed by atoms with Gasteiger partial charge in [0.25, 0.3) is 5.91 Å². The summed E-state index contributed by atoms with van der Waals surface area (Å²) in [5.74, 6) is -0.904. The first-order chi connectivity index (χ1) is 16.2. The number of nitrogens with zero attached hydrogens (tertiary/aromatic N) is 2. The Morgan fingerprint density at radius 2 is 1.79 bits per heavy atom. The highest BCUT2D eigenvalue weighted by molar-refractivity contribution is 6.22. The Bertz CT molecular complexity index is 1060. The number of esters is 1. The molecule has 1 saturated heterocycles. The topological polar surface area (TPSA) is 96.0 Å². The van der Waals surface area contributed by atoms with Crippen molar-refractivity contribution in [2.24, 2.45) is 5.92 Å². The zero-order chi connectivity index (χ0) is 24.8. The molecule has 34 heavy (non-hydrogen) atoms. The van der Waals surface area contributed by atoms with Crippen LogP contribution in [-0.4, -0.2) is 47.9 Å². The molecule has 0 bridgehead atoms. The van der Waals surface area contributed by atoms with Crippen molar-refractivity contribution in [2.45, 2.75) is 46.6 Å². The fraction of sp³-hybridized carbons (Fsp3) is 0.385. The molecule has 0 unspecified atom stereocenters. The number of urea groups is 1. The van der Waals surface area contributed by atoms with E-state index < -0.39 is 29.9 Å². The maximum Gasteiger partial charge on any atom is 0.338 e. The summed E-state index contributed by atoms with van der Waals surface area (Å²) in [6.45, 7) is 8.37. The zero-order valence-corrected chi connectivity index (χ0v) is 20.0. The first kappa shape index (κ1) is 25.0. The second-order valence-electron chi connectivity index (χ2n) is 8.74. The van der Waals surface area contributed by atoms with Crippen LogP contribution in [-0.2, 0) is 14.3 Å². The molecule has 1 fully saturated rings. The van der Waals surface area contributed by atoms with Crippen LogP contribution < -0.4 is 10.2 Å². The molecule has 0 saturated carbocycles. The van der Waals surface area contributed by atoms with Crippen molar-refractivity contribution in [2.75, 3.05) is 23.4 Å². The smallest absolute Gasteiger partial charge is 0.338 e. The third-order valence-electron chi connectivity index (χ3n) is 5.58. The first-order valence-corrected chi connectivity index (χ1v) is 11.5. The third-order valence-corrected chi connectivity index (χ3v) is 5.58. The van der Waals surface area contributed by atoms with Gasteiger partial charge in [0.1, 0.15) is 6.04 Å². The molecule has 4 amide bonds. The van der Waals surface area contributed by atoms with E-state index in [4.69, 9.17) is 4.74 Å². The molecule has 1 aliphatic heterocycles. The maximum absolute atomic E-state index is 13.3. The van der Waals surface area contributed by atoms with Gasteiger partial charge in [-0.15, -0.1) is 0 Å². The number of benzene rings is 2. The van der Waals surface area contributed by atoms with Gasteiger partial charge in [0.15, 0.2) is 0 Å². The number of carbonyl (C=O) groups excluding carboxylic acids is 4. The highest BCUT2D eigenvalue weighted by Crippen LogP contribution is 2.28. The zero-order valence-electron chi connectivity index (χ0n) is 20.0. The van der Waals surface area contributed by atoms with Crippen molar-refractivity contribution in [1.82, 2.24) is 4.90 Å². The van der Waals surface area contributed by atoms with Crippen LogP contribution in [0, 0.1) is 12.8 Å². The Hall–Kier alpha value is -3.68. The van der Waals surface area contributed by atoms with Gasteiger partial charge < -0.3 is 15.0 Å². The monoisotopic (exact) mass is 465 g/mol. The molecule has 0 radical (unpaired) electrons. The van der Waals surface area contributed by atoms with Crippen molar-refractivity contribution >= 4 is 35.2 Å². The van der Waals surface area contributed by atoms with Crippen molar-refractivity contribution in [3.05, 3.63) is 59.7 Å². The number of nitrogens with one attached hydrogen (secondary N) is 1. The van der Waals surface area contributed by atoms with Gasteiger partial charge >= 0.3 is 12.0 Å². The highest BCUT2D eigenvalue weighted by atomic mass is 16.5. The van der Waals surface area contributed by atoms with Crippen molar-refractivity contribution in [3.63, 3.8) is 0 Å². The molecule has 0 aliphatic carbocycles. The molecule has 2 aromatic rings. The SMILES string of the molecule is CCOC(=O)c1ccc(NC(=O)C[C@H]2C(=O)N(c3cccc(C)c3)C(=O)N2CCC(C)C)cc1. The fourth-order valence-corrected chi connectivity index (χ4v) is 3.78. The van der Waals surface area contributed by atoms with Crippen molar-refractivity contribution in [1.29, 1.82) is 0 Å². The summed E-state index contributed by atoms with van der Waals surface area (Å²) in [5, 5.41) is 2.75. The molecule has 1 N–H and O–H groups in total. The average Bonchev–Trinajstić information content (AvgIpc) is 3.01. The molecular weight excluding hydrogens is 434 g/mol. The number of anilines is 2. The van der Waals surface area contributed by atoms with Gasteiger partial charge in [0.05, 0.1) is 24.3 Å². The summed E-state index contributed by atoms with van der Waals surface area (Å²) < 4.78 is 4.96. The van der Waals surface area contributed by atoms with E-state index >= 15 is 0 Å². The number of carbonyl (C=O) groups is 4. The molecule has 1 atom stereocenters. The van der Waals surface area contributed by atoms with Gasteiger partial charge in [-0.2, -0.15) is 0 Å². The van der Waals surface area contributed by atoms with Crippen LogP contribution in [0.15, 0.2) is 48.5 Å². The lowest BCUT2D eigenvalue weighted by atomic mass is 10.1. The van der Waals surface area contributed by atoms with Crippen LogP contribution in [0.5, 0.6) is 0 Å². The molecule has 3 rings (SSSR count). The normalized spacial score (nSPS) is 15.7. The van der Waals surface area contributed by atoms with Crippen LogP contribution >= 0.6 is 0 Å². The Labute approximate surface area is 199 Å². The summed E-state index contributed by atoms with van der Waals surface area (Å²) in [7, 11) is 0. The van der Waals surface area contributed by atoms with Crippen LogP contribution in [0.1, 0.15) is 49.5 Å². The Balaban J connectivity index is 1.75. The number of amides is 4. The molecule has 180 valence electrons. The van der Waals surface area contributed by atoms with Crippen LogP contribution in [0.4, 0.5) is 16.2 Å². The number of hydrogen-bond acceptors (Lipinski definition) is 5. The van der Waals surface area contributed by atoms with Crippen molar-refractivity contribution in [3.8, 4) is 0 Å². The summed E-state index contributed by atoms with van der Waals surface area (Å²) in [6, 6.07) is 12.2. The Kier molecular flexibility index (Phi) is 8.04. The summed E-state index contributed by atoms with van der Waals surface area (Å²) >= 11 is 0. The fourth-order valence-electron chi connectivity index (χ4n) is 3.78. The number of rotatable bonds is 9. The number of hydrogen-bond donors (Lipinski definition) is 1. The van der Waals surface area contributed by atoms with Gasteiger partial charge in [0.2, 0.25) is 5.91 Å². The second-order valence-corrected chi connectivity index (χ2v) is 8.74. The first-order valence-electron chi connectivity index (χ1n) is 11.5. The standard InChI is InChI=1S/C26H31N3O5/c1-5-34-25(32)19-9-11-20(12-10-19)27-23(30)16-22-24(31)29(21-8-6-7-18(4)15-21)26(33)28(22)14-13-17(2)3/h6-12,15,17,22H,5,13-14,16H2,1-4H3,(H,27,30)/t22-/m0/s1. The predicted octanol–water partition coefficient (Wildman–Crippen LogP) is 4.38. The van der Waals surface area contributed by atoms with Crippen LogP contribution in [0.25, 0.3) is 0 Å². The molecule has 1 heterocycles. The molecule has 8 heteroatoms. The van der Waals surface area contributed by atoms with Crippen LogP contribution in [0.3, 0.4) is 0 Å². The van der Waals surface area contributed by atoms with Gasteiger partial charge in [-0.05, 0) is 68.1 Å². The summed E-state index contributed by atoms with van der Waals surface area (Å²) in [5.41, 5.74) is 2.30. The Morgan fingerprint density at radius 1 is 1.09 bits per heavy atom. The average molecular weight is 466 g/mol. The van der Waals surface area contributed by atoms with E-state index in [1.165, 1.54) is 9.80 Å². The largest absolute Gasteiger partial charge is 0.462 e. The summed E-state index contributed by atoms with van der Waals surface area (Å²) in [4.78, 5) is 53.8. The van der Waals surface area contributed by atoms with Gasteiger partial charge in [0, 0.05) is 12.2 Å². The second kappa shape index (κ2) is 11.0. The van der Waals surface area contributed by atoms with E-state index in [0.717, 1.165) is 5.56 Å². The molecule has 2 aromatic carbocycles. The molecule has 0 aromatic heterocycles. The van der Waals surface area contributed by atoms with E-state index in [1.807, 2.05) is 26.8 Å². The van der Waals surface area contributed by atoms with Gasteiger partial charge in [-0.25, -0.2) is 14.5 Å². The Morgan fingerprint density at radius 3 is 2.41 bits per heavy atom. The quantitative estimate of drug-likeness (QED) is 0.438. The third kappa shape index (κ3) is 5.81. The van der Waals surface area contributed by atoms with Gasteiger partial charge in [-0.1, -0.05) is 26.0 Å². The van der Waals surface area contributed by atoms with Crippen molar-refractivity contribution < 1.29 is 23.9 Å². The molecule has 8 nitrogen and oxygen atoms in total. The van der Waals surface area contributed by atoms with E-state index in [1.54, 1.807) is 49.4 Å². The maximum atomic E-state index is 13.3. The number of imide groups is 1. The minimum Gasteiger partial charge on any atom is -0.462 e. The molecule has 1 aliphatic rings. The lowest BCUT2D eigenvalue weighted by Crippen LogP contribution is -2.39. The van der Waals surface area contributed by atoms with Gasteiger partial charge in [-0.3, -0.25) is 9.59 Å². The minimum atomic E-state index is -0.884. The van der Waals surface area contributed by atoms with E-state index in [0.29, 0.717) is 35.8 Å². The molecular formula is C26H31N3O5. The lowest BCUT2D eigenvalue weighted by molar-refractivity contribution is -0.124. The number of ether oxygens (including phenoxy) is 1. The number of aryl methyl sites for hydroxylation is 1. The minimum absolute atomic E-state index is 0.162. The van der Waals surface area contributed by atoms with E-state index in [2.05, 4.69) is 5.32 Å². The van der Waals surface area contributed by atoms with E-state index in [-0.39, 0.29) is 13.0 Å². The predicted molar refractivity (Wildman–Crippen MR) is 130 cm³/mol. The summed E-state index contributed by atoms with van der Waals surface area (Å²) in [6.07, 6.45) is 0.554. The lowest BCUT2D eigenvalue weighted by Gasteiger charge is -2.22. The van der Waals surface area contributed by atoms with Crippen LogP contribution in [0.2, 0.25) is 0 Å². The highest BCUT2D eigenvalue weighted by Gasteiger charge is 2.46. The van der Waals surface area contributed by atoms with E-state index in [9.17, 15) is 19.2 Å².